The number of rotatable bonds is 8. The van der Waals surface area contributed by atoms with E-state index >= 15 is 0 Å². The van der Waals surface area contributed by atoms with Gasteiger partial charge in [0, 0.05) is 17.9 Å². The van der Waals surface area contributed by atoms with Crippen LogP contribution in [0.5, 0.6) is 0 Å². The number of nitrogens with zero attached hydrogens (tertiary/aromatic N) is 2. The lowest BCUT2D eigenvalue weighted by molar-refractivity contribution is 0.292. The van der Waals surface area contributed by atoms with E-state index < -0.39 is 0 Å². The van der Waals surface area contributed by atoms with Crippen LogP contribution in [0.2, 0.25) is 0 Å². The quantitative estimate of drug-likeness (QED) is 0.341. The van der Waals surface area contributed by atoms with Crippen molar-refractivity contribution in [3.63, 3.8) is 0 Å². The fourth-order valence-corrected chi connectivity index (χ4v) is 2.89. The Morgan fingerprint density at radius 1 is 1.11 bits per heavy atom. The third-order valence-corrected chi connectivity index (χ3v) is 3.82. The Bertz CT molecular complexity index is 362. The van der Waals surface area contributed by atoms with Gasteiger partial charge in [0.2, 0.25) is 0 Å². The van der Waals surface area contributed by atoms with Gasteiger partial charge in [0.1, 0.15) is 5.04 Å². The number of oxime groups is 1. The van der Waals surface area contributed by atoms with E-state index in [-0.39, 0.29) is 0 Å². The second kappa shape index (κ2) is 9.87. The van der Waals surface area contributed by atoms with E-state index in [2.05, 4.69) is 23.9 Å². The Hall–Kier alpha value is -1.00. The van der Waals surface area contributed by atoms with Gasteiger partial charge in [0.25, 0.3) is 0 Å². The Labute approximate surface area is 120 Å². The molecule has 1 aromatic carbocycles. The maximum atomic E-state index is 9.10. The van der Waals surface area contributed by atoms with Gasteiger partial charge in [-0.2, -0.15) is 0 Å². The average Bonchev–Trinajstić information content (AvgIpc) is 2.45. The smallest absolute Gasteiger partial charge is 0.143 e. The van der Waals surface area contributed by atoms with E-state index in [0.29, 0.717) is 5.04 Å². The van der Waals surface area contributed by atoms with E-state index in [9.17, 15) is 0 Å². The molecule has 1 rings (SSSR count). The number of hydrogen-bond acceptors (Lipinski definition) is 4. The molecule has 0 aliphatic carbocycles. The summed E-state index contributed by atoms with van der Waals surface area (Å²) in [5.41, 5.74) is 0.979. The average molecular weight is 280 g/mol. The molecule has 19 heavy (non-hydrogen) atoms. The summed E-state index contributed by atoms with van der Waals surface area (Å²) in [7, 11) is 0. The second-order valence-corrected chi connectivity index (χ2v) is 5.54. The van der Waals surface area contributed by atoms with Crippen LogP contribution in [0.3, 0.4) is 0 Å². The Morgan fingerprint density at radius 2 is 1.74 bits per heavy atom. The molecule has 0 saturated carbocycles. The van der Waals surface area contributed by atoms with Gasteiger partial charge >= 0.3 is 0 Å². The van der Waals surface area contributed by atoms with E-state index in [4.69, 9.17) is 5.21 Å². The van der Waals surface area contributed by atoms with E-state index in [0.717, 1.165) is 31.0 Å². The van der Waals surface area contributed by atoms with Gasteiger partial charge in [-0.3, -0.25) is 0 Å². The Kier molecular flexibility index (Phi) is 8.34. The van der Waals surface area contributed by atoms with Crippen LogP contribution in [0.15, 0.2) is 35.5 Å². The summed E-state index contributed by atoms with van der Waals surface area (Å²) in [5.74, 6) is 0.953. The molecule has 0 spiro atoms. The standard InChI is InChI=1S/C15H24N2OS/c1-3-10-17(11-4-2)12-13-19-15(16-18)14-8-6-5-7-9-14/h5-9,18H,3-4,10-13H2,1-2H3. The van der Waals surface area contributed by atoms with Gasteiger partial charge in [-0.25, -0.2) is 0 Å². The van der Waals surface area contributed by atoms with Crippen LogP contribution >= 0.6 is 11.8 Å². The Balaban J connectivity index is 2.42. The number of benzene rings is 1. The summed E-state index contributed by atoms with van der Waals surface area (Å²) in [4.78, 5) is 2.47. The van der Waals surface area contributed by atoms with E-state index in [1.807, 2.05) is 30.3 Å². The first-order chi connectivity index (χ1) is 9.31. The lowest BCUT2D eigenvalue weighted by Gasteiger charge is -2.20. The monoisotopic (exact) mass is 280 g/mol. The molecule has 0 aliphatic heterocycles. The van der Waals surface area contributed by atoms with E-state index in [1.165, 1.54) is 12.8 Å². The summed E-state index contributed by atoms with van der Waals surface area (Å²) < 4.78 is 0. The third-order valence-electron chi connectivity index (χ3n) is 2.84. The van der Waals surface area contributed by atoms with Crippen molar-refractivity contribution in [2.24, 2.45) is 5.16 Å². The molecular formula is C15H24N2OS. The predicted octanol–water partition coefficient (Wildman–Crippen LogP) is 3.68. The van der Waals surface area contributed by atoms with Gasteiger partial charge in [-0.15, -0.1) is 11.8 Å². The first-order valence-electron chi connectivity index (χ1n) is 6.94. The lowest BCUT2D eigenvalue weighted by Crippen LogP contribution is -2.28. The van der Waals surface area contributed by atoms with Crippen molar-refractivity contribution < 1.29 is 5.21 Å². The maximum absolute atomic E-state index is 9.10. The normalized spacial score (nSPS) is 12.1. The third kappa shape index (κ3) is 6.12. The largest absolute Gasteiger partial charge is 0.410 e. The first-order valence-corrected chi connectivity index (χ1v) is 7.93. The molecule has 1 N–H and O–H groups in total. The molecule has 0 aromatic heterocycles. The number of hydrogen-bond donors (Lipinski definition) is 1. The van der Waals surface area contributed by atoms with Gasteiger partial charge in [0.05, 0.1) is 0 Å². The molecule has 0 saturated heterocycles. The molecule has 1 aromatic rings. The highest BCUT2D eigenvalue weighted by Gasteiger charge is 2.07. The molecule has 4 heteroatoms. The first kappa shape index (κ1) is 16.1. The van der Waals surface area contributed by atoms with Crippen LogP contribution in [0.1, 0.15) is 32.3 Å². The maximum Gasteiger partial charge on any atom is 0.143 e. The fraction of sp³-hybridized carbons (Fsp3) is 0.533. The minimum atomic E-state index is 0.702. The molecule has 0 bridgehead atoms. The fourth-order valence-electron chi connectivity index (χ4n) is 1.99. The van der Waals surface area contributed by atoms with Gasteiger partial charge in [-0.05, 0) is 25.9 Å². The molecule has 3 nitrogen and oxygen atoms in total. The molecule has 0 atom stereocenters. The van der Waals surface area contributed by atoms with Crippen molar-refractivity contribution in [3.8, 4) is 0 Å². The molecule has 0 heterocycles. The minimum absolute atomic E-state index is 0.702. The highest BCUT2D eigenvalue weighted by atomic mass is 32.2. The van der Waals surface area contributed by atoms with Crippen LogP contribution in [-0.2, 0) is 0 Å². The molecule has 0 radical (unpaired) electrons. The summed E-state index contributed by atoms with van der Waals surface area (Å²) in [6.45, 7) is 7.75. The van der Waals surface area contributed by atoms with Gasteiger partial charge < -0.3 is 10.1 Å². The lowest BCUT2D eigenvalue weighted by atomic mass is 10.2. The summed E-state index contributed by atoms with van der Waals surface area (Å²) in [6, 6.07) is 9.83. The van der Waals surface area contributed by atoms with Crippen LogP contribution in [0.4, 0.5) is 0 Å². The zero-order valence-corrected chi connectivity index (χ0v) is 12.7. The van der Waals surface area contributed by atoms with Crippen molar-refractivity contribution in [1.82, 2.24) is 4.90 Å². The van der Waals surface area contributed by atoms with Crippen molar-refractivity contribution >= 4 is 16.8 Å². The van der Waals surface area contributed by atoms with Crippen LogP contribution in [0, 0.1) is 0 Å². The SMILES string of the molecule is CCCN(CCC)CCSC(=NO)c1ccccc1. The van der Waals surface area contributed by atoms with Gasteiger partial charge in [-0.1, -0.05) is 49.3 Å². The highest BCUT2D eigenvalue weighted by Crippen LogP contribution is 2.13. The van der Waals surface area contributed by atoms with Crippen molar-refractivity contribution in [1.29, 1.82) is 0 Å². The Morgan fingerprint density at radius 3 is 2.26 bits per heavy atom. The van der Waals surface area contributed by atoms with Gasteiger partial charge in [0.15, 0.2) is 0 Å². The summed E-state index contributed by atoms with van der Waals surface area (Å²) >= 11 is 1.61. The second-order valence-electron chi connectivity index (χ2n) is 4.46. The zero-order chi connectivity index (χ0) is 13.9. The molecular weight excluding hydrogens is 256 g/mol. The summed E-state index contributed by atoms with van der Waals surface area (Å²) in [6.07, 6.45) is 2.37. The van der Waals surface area contributed by atoms with Crippen molar-refractivity contribution in [2.75, 3.05) is 25.4 Å². The molecule has 0 fully saturated rings. The zero-order valence-electron chi connectivity index (χ0n) is 11.9. The van der Waals surface area contributed by atoms with Crippen LogP contribution < -0.4 is 0 Å². The summed E-state index contributed by atoms with van der Waals surface area (Å²) in [5, 5.41) is 13.2. The number of thioether (sulfide) groups is 1. The molecule has 106 valence electrons. The van der Waals surface area contributed by atoms with Crippen molar-refractivity contribution in [3.05, 3.63) is 35.9 Å². The topological polar surface area (TPSA) is 35.8 Å². The van der Waals surface area contributed by atoms with Crippen molar-refractivity contribution in [2.45, 2.75) is 26.7 Å². The molecule has 0 unspecified atom stereocenters. The molecule has 0 aliphatic rings. The predicted molar refractivity (Wildman–Crippen MR) is 84.2 cm³/mol. The van der Waals surface area contributed by atoms with E-state index in [1.54, 1.807) is 11.8 Å². The minimum Gasteiger partial charge on any atom is -0.410 e. The highest BCUT2D eigenvalue weighted by molar-refractivity contribution is 8.14. The molecule has 0 amide bonds. The van der Waals surface area contributed by atoms with Crippen LogP contribution in [0.25, 0.3) is 0 Å². The van der Waals surface area contributed by atoms with Crippen LogP contribution in [-0.4, -0.2) is 40.5 Å².